The molecule has 0 radical (unpaired) electrons. The maximum atomic E-state index is 2.61. The quantitative estimate of drug-likeness (QED) is 0.161. The van der Waals surface area contributed by atoms with Crippen molar-refractivity contribution < 1.29 is 0 Å². The smallest absolute Gasteiger partial charge is 0.264 e. The minimum Gasteiger partial charge on any atom is -0.310 e. The van der Waals surface area contributed by atoms with Crippen molar-refractivity contribution in [3.63, 3.8) is 0 Å². The van der Waals surface area contributed by atoms with Crippen molar-refractivity contribution in [3.05, 3.63) is 156 Å². The summed E-state index contributed by atoms with van der Waals surface area (Å²) in [7, 11) is 0. The van der Waals surface area contributed by atoms with E-state index in [9.17, 15) is 0 Å². The third-order valence-corrected chi connectivity index (χ3v) is 15.0. The van der Waals surface area contributed by atoms with E-state index in [2.05, 4.69) is 216 Å². The van der Waals surface area contributed by atoms with Crippen LogP contribution in [0, 0.1) is 0 Å². The fraction of sp³-hybridized carbons (Fsp3) is 0.214. The lowest BCUT2D eigenvalue weighted by Crippen LogP contribution is -2.60. The number of fused-ring (bicyclic) bond motifs is 13. The summed E-state index contributed by atoms with van der Waals surface area (Å²) in [6.07, 6.45) is 0. The number of rotatable bonds is 2. The molecule has 2 aliphatic rings. The molecule has 0 saturated heterocycles. The Balaban J connectivity index is 1.23. The maximum absolute atomic E-state index is 2.61. The summed E-state index contributed by atoms with van der Waals surface area (Å²) < 4.78 is 5.33. The minimum atomic E-state index is 0.0167. The van der Waals surface area contributed by atoms with Gasteiger partial charge >= 0.3 is 0 Å². The van der Waals surface area contributed by atoms with Crippen LogP contribution in [0.1, 0.15) is 79.0 Å². The molecule has 0 unspecified atom stereocenters. The van der Waals surface area contributed by atoms with Gasteiger partial charge in [0, 0.05) is 59.2 Å². The molecule has 3 nitrogen and oxygen atoms in total. The van der Waals surface area contributed by atoms with E-state index in [-0.39, 0.29) is 23.0 Å². The zero-order chi connectivity index (χ0) is 41.9. The summed E-state index contributed by atoms with van der Waals surface area (Å²) in [5, 5.41) is 6.54. The number of nitrogens with zero attached hydrogens (tertiary/aromatic N) is 3. The van der Waals surface area contributed by atoms with Gasteiger partial charge in [-0.25, -0.2) is 0 Å². The molecule has 3 aromatic heterocycles. The summed E-state index contributed by atoms with van der Waals surface area (Å²) >= 11 is 1.98. The van der Waals surface area contributed by atoms with Crippen LogP contribution in [0.15, 0.2) is 140 Å². The summed E-state index contributed by atoms with van der Waals surface area (Å²) in [6, 6.07) is 53.9. The number of anilines is 6. The Morgan fingerprint density at radius 2 is 0.967 bits per heavy atom. The van der Waals surface area contributed by atoms with Gasteiger partial charge in [0.25, 0.3) is 6.71 Å². The minimum absolute atomic E-state index is 0.0167. The van der Waals surface area contributed by atoms with Gasteiger partial charge in [-0.3, -0.25) is 0 Å². The Morgan fingerprint density at radius 1 is 0.443 bits per heavy atom. The van der Waals surface area contributed by atoms with Crippen LogP contribution in [0.2, 0.25) is 0 Å². The van der Waals surface area contributed by atoms with E-state index < -0.39 is 0 Å². The molecule has 0 saturated carbocycles. The molecule has 298 valence electrons. The lowest BCUT2D eigenvalue weighted by molar-refractivity contribution is 0.590. The average Bonchev–Trinajstić information content (AvgIpc) is 3.90. The number of aromatic nitrogens is 1. The molecule has 0 fully saturated rings. The van der Waals surface area contributed by atoms with Crippen LogP contribution in [0.3, 0.4) is 0 Å². The highest BCUT2D eigenvalue weighted by atomic mass is 32.1. The predicted molar refractivity (Wildman–Crippen MR) is 267 cm³/mol. The summed E-state index contributed by atoms with van der Waals surface area (Å²) in [4.78, 5) is 5.21. The molecular weight excluding hydrogens is 758 g/mol. The third kappa shape index (κ3) is 5.10. The second-order valence-corrected chi connectivity index (χ2v) is 21.7. The molecule has 12 rings (SSSR count). The van der Waals surface area contributed by atoms with Crippen molar-refractivity contribution >= 4 is 116 Å². The number of thiophene rings is 1. The molecule has 0 N–H and O–H groups in total. The Hall–Kier alpha value is -6.04. The molecule has 61 heavy (non-hydrogen) atoms. The fourth-order valence-corrected chi connectivity index (χ4v) is 11.9. The molecule has 0 bridgehead atoms. The second kappa shape index (κ2) is 12.3. The zero-order valence-corrected chi connectivity index (χ0v) is 37.4. The largest absolute Gasteiger partial charge is 0.310 e. The van der Waals surface area contributed by atoms with Crippen molar-refractivity contribution in [2.45, 2.75) is 78.6 Å². The number of hydrogen-bond acceptors (Lipinski definition) is 3. The van der Waals surface area contributed by atoms with Crippen LogP contribution in [-0.4, -0.2) is 11.1 Å². The molecule has 0 atom stereocenters. The van der Waals surface area contributed by atoms with E-state index in [1.165, 1.54) is 115 Å². The highest BCUT2D eigenvalue weighted by Gasteiger charge is 2.46. The van der Waals surface area contributed by atoms with E-state index in [4.69, 9.17) is 0 Å². The van der Waals surface area contributed by atoms with E-state index in [1.807, 2.05) is 11.3 Å². The highest BCUT2D eigenvalue weighted by molar-refractivity contribution is 7.33. The van der Waals surface area contributed by atoms with Crippen molar-refractivity contribution in [2.75, 3.05) is 9.80 Å². The van der Waals surface area contributed by atoms with Crippen molar-refractivity contribution in [3.8, 4) is 0 Å². The summed E-state index contributed by atoms with van der Waals surface area (Å²) in [6.45, 7) is 20.8. The zero-order valence-electron chi connectivity index (χ0n) is 36.6. The Kier molecular flexibility index (Phi) is 7.41. The van der Waals surface area contributed by atoms with E-state index in [0.717, 1.165) is 0 Å². The van der Waals surface area contributed by atoms with Crippen LogP contribution < -0.4 is 25.5 Å². The van der Waals surface area contributed by atoms with Gasteiger partial charge in [-0.2, -0.15) is 0 Å². The SMILES string of the molecule is CC(C)(C)c1ccc(N2c3cccc4c3B(c3ccc5c6cccc7c8ccccc8n(c5c3N4c3ccc(C(C)(C)C)cc3)c76)c3sc4ccc(C(C)(C)C)cc4c32)cc1. The average molecular weight is 808 g/mol. The van der Waals surface area contributed by atoms with Crippen molar-refractivity contribution in [1.29, 1.82) is 0 Å². The van der Waals surface area contributed by atoms with Gasteiger partial charge in [-0.15, -0.1) is 11.3 Å². The van der Waals surface area contributed by atoms with Gasteiger partial charge in [0.15, 0.2) is 0 Å². The van der Waals surface area contributed by atoms with Crippen molar-refractivity contribution in [2.24, 2.45) is 0 Å². The standard InChI is InChI=1S/C56H50BN3S/c1-54(2,3)33-20-25-36(26-21-33)58-45-18-13-19-46-48(45)57(53-51(58)42-32-35(56(7,8)9)24-31-47(42)61-53)43-30-29-41-40-16-12-15-39-38-14-10-11-17-44(38)60(49(39)40)50(41)52(43)59(46)37-27-22-34(23-28-37)55(4,5)6/h10-32H,1-9H3. The van der Waals surface area contributed by atoms with Gasteiger partial charge in [-0.1, -0.05) is 147 Å². The normalized spacial score (nSPS) is 14.2. The Morgan fingerprint density at radius 3 is 1.59 bits per heavy atom. The number of benzene rings is 7. The Bertz CT molecular complexity index is 3420. The predicted octanol–water partition coefficient (Wildman–Crippen LogP) is 14.0. The van der Waals surface area contributed by atoms with Crippen LogP contribution in [-0.2, 0) is 16.2 Å². The van der Waals surface area contributed by atoms with Crippen LogP contribution in [0.5, 0.6) is 0 Å². The van der Waals surface area contributed by atoms with Crippen LogP contribution >= 0.6 is 11.3 Å². The van der Waals surface area contributed by atoms with E-state index in [1.54, 1.807) is 0 Å². The van der Waals surface area contributed by atoms with Gasteiger partial charge < -0.3 is 14.2 Å². The molecule has 0 aliphatic carbocycles. The number of para-hydroxylation sites is 2. The van der Waals surface area contributed by atoms with Crippen LogP contribution in [0.25, 0.3) is 48.2 Å². The lowest BCUT2D eigenvalue weighted by atomic mass is 9.36. The van der Waals surface area contributed by atoms with Crippen molar-refractivity contribution in [1.82, 2.24) is 4.40 Å². The molecule has 5 heterocycles. The molecule has 5 heteroatoms. The monoisotopic (exact) mass is 807 g/mol. The Labute approximate surface area is 363 Å². The molecular formula is C56H50BN3S. The topological polar surface area (TPSA) is 10.9 Å². The summed E-state index contributed by atoms with van der Waals surface area (Å²) in [5.74, 6) is 0. The second-order valence-electron chi connectivity index (χ2n) is 20.6. The first-order chi connectivity index (χ1) is 29.2. The van der Waals surface area contributed by atoms with E-state index in [0.29, 0.717) is 0 Å². The third-order valence-electron chi connectivity index (χ3n) is 13.8. The summed E-state index contributed by atoms with van der Waals surface area (Å²) in [5.41, 5.74) is 18.2. The fourth-order valence-electron chi connectivity index (χ4n) is 10.6. The molecule has 0 spiro atoms. The molecule has 0 amide bonds. The highest BCUT2D eigenvalue weighted by Crippen LogP contribution is 2.51. The lowest BCUT2D eigenvalue weighted by Gasteiger charge is -2.43. The first-order valence-corrected chi connectivity index (χ1v) is 22.7. The van der Waals surface area contributed by atoms with Gasteiger partial charge in [0.2, 0.25) is 0 Å². The molecule has 2 aliphatic heterocycles. The van der Waals surface area contributed by atoms with E-state index >= 15 is 0 Å². The number of hydrogen-bond donors (Lipinski definition) is 0. The first-order valence-electron chi connectivity index (χ1n) is 21.9. The van der Waals surface area contributed by atoms with Gasteiger partial charge in [0.1, 0.15) is 0 Å². The molecule has 7 aromatic carbocycles. The maximum Gasteiger partial charge on any atom is 0.264 e. The van der Waals surface area contributed by atoms with Gasteiger partial charge in [-0.05, 0) is 98.5 Å². The first kappa shape index (κ1) is 36.8. The molecule has 10 aromatic rings. The van der Waals surface area contributed by atoms with Crippen LogP contribution in [0.4, 0.5) is 34.1 Å². The van der Waals surface area contributed by atoms with Gasteiger partial charge in [0.05, 0.1) is 27.9 Å².